The first-order valence-corrected chi connectivity index (χ1v) is 10.2. The van der Waals surface area contributed by atoms with E-state index in [0.717, 1.165) is 33.5 Å². The number of carbonyl (C=O) groups is 1. The van der Waals surface area contributed by atoms with Crippen molar-refractivity contribution in [2.45, 2.75) is 20.0 Å². The molecule has 0 fully saturated rings. The maximum atomic E-state index is 12.8. The second-order valence-electron chi connectivity index (χ2n) is 7.19. The summed E-state index contributed by atoms with van der Waals surface area (Å²) >= 11 is 0. The second kappa shape index (κ2) is 9.34. The molecular weight excluding hydrogens is 390 g/mol. The van der Waals surface area contributed by atoms with Gasteiger partial charge in [-0.2, -0.15) is 5.10 Å². The minimum absolute atomic E-state index is 0.127. The van der Waals surface area contributed by atoms with Crippen molar-refractivity contribution in [3.8, 4) is 11.5 Å². The van der Waals surface area contributed by atoms with Crippen LogP contribution in [0, 0.1) is 0 Å². The van der Waals surface area contributed by atoms with E-state index >= 15 is 0 Å². The van der Waals surface area contributed by atoms with Crippen LogP contribution >= 0.6 is 0 Å². The molecule has 1 amide bonds. The van der Waals surface area contributed by atoms with Crippen molar-refractivity contribution in [3.63, 3.8) is 0 Å². The molecule has 0 radical (unpaired) electrons. The van der Waals surface area contributed by atoms with E-state index in [-0.39, 0.29) is 5.91 Å². The maximum Gasteiger partial charge on any atom is 0.251 e. The van der Waals surface area contributed by atoms with Crippen LogP contribution in [0.1, 0.15) is 28.4 Å². The third-order valence-electron chi connectivity index (χ3n) is 5.04. The first-order chi connectivity index (χ1) is 15.2. The van der Waals surface area contributed by atoms with Gasteiger partial charge in [-0.3, -0.25) is 9.48 Å². The van der Waals surface area contributed by atoms with E-state index in [9.17, 15) is 4.79 Å². The minimum atomic E-state index is -0.127. The molecule has 6 nitrogen and oxygen atoms in total. The van der Waals surface area contributed by atoms with E-state index < -0.39 is 0 Å². The molecule has 3 aromatic carbocycles. The molecule has 0 atom stereocenters. The Balaban J connectivity index is 1.49. The van der Waals surface area contributed by atoms with Gasteiger partial charge in [0.25, 0.3) is 5.91 Å². The Morgan fingerprint density at radius 1 is 1.00 bits per heavy atom. The zero-order valence-corrected chi connectivity index (χ0v) is 17.7. The fourth-order valence-corrected chi connectivity index (χ4v) is 3.48. The van der Waals surface area contributed by atoms with Gasteiger partial charge in [0.05, 0.1) is 32.0 Å². The first-order valence-electron chi connectivity index (χ1n) is 10.2. The van der Waals surface area contributed by atoms with Crippen LogP contribution in [0.15, 0.2) is 72.9 Å². The molecule has 1 aromatic heterocycles. The van der Waals surface area contributed by atoms with Crippen LogP contribution in [-0.2, 0) is 13.1 Å². The summed E-state index contributed by atoms with van der Waals surface area (Å²) in [5.74, 6) is 1.48. The third kappa shape index (κ3) is 4.86. The van der Waals surface area contributed by atoms with E-state index in [1.165, 1.54) is 0 Å². The number of aromatic nitrogens is 2. The summed E-state index contributed by atoms with van der Waals surface area (Å²) in [5, 5.41) is 8.47. The highest BCUT2D eigenvalue weighted by Gasteiger charge is 2.10. The van der Waals surface area contributed by atoms with Gasteiger partial charge in [-0.25, -0.2) is 0 Å². The van der Waals surface area contributed by atoms with Crippen LogP contribution in [0.5, 0.6) is 11.5 Å². The molecule has 0 saturated carbocycles. The lowest BCUT2D eigenvalue weighted by molar-refractivity contribution is 0.0951. The molecule has 0 aliphatic rings. The average molecular weight is 415 g/mol. The lowest BCUT2D eigenvalue weighted by Gasteiger charge is -2.09. The normalized spacial score (nSPS) is 10.8. The molecule has 0 spiro atoms. The Morgan fingerprint density at radius 2 is 1.77 bits per heavy atom. The molecule has 0 aliphatic heterocycles. The Bertz CT molecular complexity index is 1200. The van der Waals surface area contributed by atoms with Gasteiger partial charge in [0.2, 0.25) is 0 Å². The second-order valence-corrected chi connectivity index (χ2v) is 7.19. The van der Waals surface area contributed by atoms with Gasteiger partial charge in [-0.15, -0.1) is 0 Å². The lowest BCUT2D eigenvalue weighted by Crippen LogP contribution is -2.22. The number of ether oxygens (including phenoxy) is 2. The molecular formula is C25H25N3O3. The lowest BCUT2D eigenvalue weighted by atomic mass is 10.1. The number of nitrogens with zero attached hydrogens (tertiary/aromatic N) is 2. The predicted molar refractivity (Wildman–Crippen MR) is 121 cm³/mol. The number of methoxy groups -OCH3 is 1. The molecule has 1 heterocycles. The zero-order valence-electron chi connectivity index (χ0n) is 17.7. The van der Waals surface area contributed by atoms with Crippen molar-refractivity contribution in [2.24, 2.45) is 0 Å². The van der Waals surface area contributed by atoms with Crippen LogP contribution in [0.25, 0.3) is 10.9 Å². The summed E-state index contributed by atoms with van der Waals surface area (Å²) in [5.41, 5.74) is 3.58. The fourth-order valence-electron chi connectivity index (χ4n) is 3.48. The Morgan fingerprint density at radius 3 is 2.58 bits per heavy atom. The summed E-state index contributed by atoms with van der Waals surface area (Å²) in [4.78, 5) is 12.8. The topological polar surface area (TPSA) is 65.4 Å². The minimum Gasteiger partial charge on any atom is -0.497 e. The van der Waals surface area contributed by atoms with Gasteiger partial charge < -0.3 is 14.8 Å². The van der Waals surface area contributed by atoms with Crippen molar-refractivity contribution in [1.82, 2.24) is 15.1 Å². The van der Waals surface area contributed by atoms with E-state index in [1.807, 2.05) is 84.5 Å². The number of hydrogen-bond donors (Lipinski definition) is 1. The summed E-state index contributed by atoms with van der Waals surface area (Å²) in [6, 6.07) is 21.3. The number of rotatable bonds is 8. The van der Waals surface area contributed by atoms with Crippen molar-refractivity contribution in [2.75, 3.05) is 13.7 Å². The highest BCUT2D eigenvalue weighted by molar-refractivity contribution is 5.97. The maximum absolute atomic E-state index is 12.8. The largest absolute Gasteiger partial charge is 0.497 e. The third-order valence-corrected chi connectivity index (χ3v) is 5.04. The van der Waals surface area contributed by atoms with E-state index in [2.05, 4.69) is 10.4 Å². The molecule has 0 aliphatic carbocycles. The Labute approximate surface area is 181 Å². The van der Waals surface area contributed by atoms with E-state index in [4.69, 9.17) is 9.47 Å². The first kappa shape index (κ1) is 20.5. The van der Waals surface area contributed by atoms with Gasteiger partial charge in [0, 0.05) is 17.5 Å². The number of fused-ring (bicyclic) bond motifs is 1. The molecule has 0 saturated heterocycles. The molecule has 0 bridgehead atoms. The Kier molecular flexibility index (Phi) is 6.17. The number of amides is 1. The van der Waals surface area contributed by atoms with Crippen molar-refractivity contribution in [3.05, 3.63) is 89.6 Å². The number of benzene rings is 3. The average Bonchev–Trinajstić information content (AvgIpc) is 3.20. The molecule has 0 unspecified atom stereocenters. The van der Waals surface area contributed by atoms with Crippen molar-refractivity contribution >= 4 is 16.8 Å². The molecule has 6 heteroatoms. The highest BCUT2D eigenvalue weighted by atomic mass is 16.5. The molecule has 31 heavy (non-hydrogen) atoms. The number of carbonyl (C=O) groups excluding carboxylic acids is 1. The van der Waals surface area contributed by atoms with Crippen LogP contribution in [-0.4, -0.2) is 29.4 Å². The summed E-state index contributed by atoms with van der Waals surface area (Å²) < 4.78 is 12.7. The van der Waals surface area contributed by atoms with Crippen LogP contribution < -0.4 is 14.8 Å². The standard InChI is InChI=1S/C25H25N3O3/c1-3-31-23-9-4-6-18(12-23)15-26-25(29)20-10-11-21-16-27-28(24(21)14-20)17-19-7-5-8-22(13-19)30-2/h4-14,16H,3,15,17H2,1-2H3,(H,26,29). The van der Waals surface area contributed by atoms with Crippen molar-refractivity contribution in [1.29, 1.82) is 0 Å². The fraction of sp³-hybridized carbons (Fsp3) is 0.200. The van der Waals surface area contributed by atoms with Gasteiger partial charge in [0.1, 0.15) is 11.5 Å². The molecule has 158 valence electrons. The van der Waals surface area contributed by atoms with Gasteiger partial charge in [0.15, 0.2) is 0 Å². The quantitative estimate of drug-likeness (QED) is 0.463. The van der Waals surface area contributed by atoms with Gasteiger partial charge in [-0.05, 0) is 54.4 Å². The monoisotopic (exact) mass is 415 g/mol. The van der Waals surface area contributed by atoms with Crippen LogP contribution in [0.3, 0.4) is 0 Å². The zero-order chi connectivity index (χ0) is 21.6. The smallest absolute Gasteiger partial charge is 0.251 e. The summed E-state index contributed by atoms with van der Waals surface area (Å²) in [6.07, 6.45) is 1.82. The molecule has 1 N–H and O–H groups in total. The van der Waals surface area contributed by atoms with E-state index in [0.29, 0.717) is 25.3 Å². The molecule has 4 aromatic rings. The summed E-state index contributed by atoms with van der Waals surface area (Å²) in [7, 11) is 1.65. The highest BCUT2D eigenvalue weighted by Crippen LogP contribution is 2.19. The summed E-state index contributed by atoms with van der Waals surface area (Å²) in [6.45, 7) is 3.58. The number of nitrogens with one attached hydrogen (secondary N) is 1. The van der Waals surface area contributed by atoms with Gasteiger partial charge >= 0.3 is 0 Å². The van der Waals surface area contributed by atoms with Crippen LogP contribution in [0.2, 0.25) is 0 Å². The van der Waals surface area contributed by atoms with Crippen LogP contribution in [0.4, 0.5) is 0 Å². The van der Waals surface area contributed by atoms with Crippen molar-refractivity contribution < 1.29 is 14.3 Å². The van der Waals surface area contributed by atoms with E-state index in [1.54, 1.807) is 7.11 Å². The predicted octanol–water partition coefficient (Wildman–Crippen LogP) is 4.42. The Hall–Kier alpha value is -3.80. The SMILES string of the molecule is CCOc1cccc(CNC(=O)c2ccc3cnn(Cc4cccc(OC)c4)c3c2)c1. The molecule has 4 rings (SSSR count). The number of hydrogen-bond acceptors (Lipinski definition) is 4. The van der Waals surface area contributed by atoms with Gasteiger partial charge in [-0.1, -0.05) is 30.3 Å².